The van der Waals surface area contributed by atoms with Crippen LogP contribution in [-0.4, -0.2) is 11.7 Å². The van der Waals surface area contributed by atoms with E-state index < -0.39 is 5.41 Å². The lowest BCUT2D eigenvalue weighted by molar-refractivity contribution is -0.126. The minimum atomic E-state index is -0.671. The van der Waals surface area contributed by atoms with Crippen LogP contribution < -0.4 is 5.32 Å². The summed E-state index contributed by atoms with van der Waals surface area (Å²) in [5.74, 6) is -0.0655. The number of ketones is 1. The van der Waals surface area contributed by atoms with Gasteiger partial charge in [0, 0.05) is 17.7 Å². The first-order chi connectivity index (χ1) is 10.5. The van der Waals surface area contributed by atoms with Crippen molar-refractivity contribution in [2.24, 2.45) is 0 Å². The molecule has 0 fully saturated rings. The molecule has 1 aliphatic carbocycles. The minimum Gasteiger partial charge on any atom is -0.325 e. The number of amides is 1. The molecule has 0 saturated heterocycles. The van der Waals surface area contributed by atoms with E-state index in [2.05, 4.69) is 18.0 Å². The maximum absolute atomic E-state index is 12.6. The van der Waals surface area contributed by atoms with Crippen LogP contribution in [0.15, 0.2) is 48.6 Å². The molecule has 1 aromatic rings. The third-order valence-electron chi connectivity index (χ3n) is 4.57. The predicted molar refractivity (Wildman–Crippen MR) is 87.9 cm³/mol. The van der Waals surface area contributed by atoms with Crippen molar-refractivity contribution in [3.05, 3.63) is 65.3 Å². The van der Waals surface area contributed by atoms with Gasteiger partial charge in [0.25, 0.3) is 0 Å². The molecule has 0 radical (unpaired) electrons. The Labute approximate surface area is 130 Å². The van der Waals surface area contributed by atoms with Crippen molar-refractivity contribution in [1.29, 1.82) is 0 Å². The van der Waals surface area contributed by atoms with E-state index in [0.717, 1.165) is 16.8 Å². The largest absolute Gasteiger partial charge is 0.325 e. The van der Waals surface area contributed by atoms with Crippen molar-refractivity contribution in [1.82, 2.24) is 0 Å². The van der Waals surface area contributed by atoms with Crippen LogP contribution in [0.2, 0.25) is 0 Å². The van der Waals surface area contributed by atoms with Crippen LogP contribution in [0.1, 0.15) is 30.0 Å². The van der Waals surface area contributed by atoms with Crippen LogP contribution in [0.3, 0.4) is 0 Å². The van der Waals surface area contributed by atoms with Crippen LogP contribution >= 0.6 is 0 Å². The molecule has 3 heteroatoms. The lowest BCUT2D eigenvalue weighted by atomic mass is 9.61. The molecule has 3 nitrogen and oxygen atoms in total. The topological polar surface area (TPSA) is 46.2 Å². The molecular weight excluding hydrogens is 274 g/mol. The van der Waals surface area contributed by atoms with E-state index in [1.165, 1.54) is 5.56 Å². The Kier molecular flexibility index (Phi) is 3.36. The van der Waals surface area contributed by atoms with Crippen molar-refractivity contribution in [2.75, 3.05) is 5.32 Å². The molecule has 1 unspecified atom stereocenters. The molecule has 1 N–H and O–H groups in total. The number of carbonyl (C=O) groups excluding carboxylic acids is 2. The van der Waals surface area contributed by atoms with Crippen LogP contribution in [0.5, 0.6) is 0 Å². The summed E-state index contributed by atoms with van der Waals surface area (Å²) in [6, 6.07) is 4.08. The molecule has 2 aliphatic rings. The van der Waals surface area contributed by atoms with Gasteiger partial charge in [0.1, 0.15) is 0 Å². The summed E-state index contributed by atoms with van der Waals surface area (Å²) in [7, 11) is 0. The summed E-state index contributed by atoms with van der Waals surface area (Å²) in [5, 5.41) is 2.97. The van der Waals surface area contributed by atoms with Crippen molar-refractivity contribution in [3.8, 4) is 0 Å². The quantitative estimate of drug-likeness (QED) is 0.668. The van der Waals surface area contributed by atoms with Gasteiger partial charge in [-0.2, -0.15) is 0 Å². The number of hydrogen-bond donors (Lipinski definition) is 1. The molecule has 22 heavy (non-hydrogen) atoms. The highest BCUT2D eigenvalue weighted by atomic mass is 16.2. The van der Waals surface area contributed by atoms with Crippen molar-refractivity contribution in [3.63, 3.8) is 0 Å². The second-order valence-electron chi connectivity index (χ2n) is 5.96. The summed E-state index contributed by atoms with van der Waals surface area (Å²) >= 11 is 0. The van der Waals surface area contributed by atoms with Gasteiger partial charge in [-0.3, -0.25) is 9.59 Å². The van der Waals surface area contributed by atoms with E-state index in [0.29, 0.717) is 12.0 Å². The van der Waals surface area contributed by atoms with Crippen molar-refractivity contribution in [2.45, 2.75) is 32.1 Å². The fraction of sp³-hybridized carbons (Fsp3) is 0.263. The van der Waals surface area contributed by atoms with Crippen LogP contribution in [-0.2, 0) is 21.4 Å². The standard InChI is InChI=1S/C19H19NO2/c1-4-6-13(7-5-2)15(21)11-19-10-14-9-8-12(3)17(16(14)19)20-18(19)22/h4-9H,1,10-11H2,2-3H3,(H,20,22)/b7-5-,13-6+. The Morgan fingerprint density at radius 3 is 2.91 bits per heavy atom. The average molecular weight is 293 g/mol. The maximum Gasteiger partial charge on any atom is 0.235 e. The summed E-state index contributed by atoms with van der Waals surface area (Å²) in [6.07, 6.45) is 7.75. The highest BCUT2D eigenvalue weighted by Gasteiger charge is 2.56. The molecular formula is C19H19NO2. The second-order valence-corrected chi connectivity index (χ2v) is 5.96. The smallest absolute Gasteiger partial charge is 0.235 e. The number of rotatable bonds is 5. The number of allylic oxidation sites excluding steroid dienone is 5. The number of aryl methyl sites for hydroxylation is 1. The van der Waals surface area contributed by atoms with Gasteiger partial charge >= 0.3 is 0 Å². The SMILES string of the molecule is C=C/C=C(\C=C/C)C(=O)CC12Cc3ccc(C)c(c31)NC2=O. The molecule has 0 saturated carbocycles. The highest BCUT2D eigenvalue weighted by molar-refractivity contribution is 6.14. The Hall–Kier alpha value is -2.42. The Morgan fingerprint density at radius 1 is 1.45 bits per heavy atom. The first-order valence-corrected chi connectivity index (χ1v) is 7.46. The number of anilines is 1. The average Bonchev–Trinajstić information content (AvgIpc) is 2.70. The lowest BCUT2D eigenvalue weighted by Crippen LogP contribution is -2.45. The van der Waals surface area contributed by atoms with Gasteiger partial charge in [-0.1, -0.05) is 43.0 Å². The predicted octanol–water partition coefficient (Wildman–Crippen LogP) is 3.39. The van der Waals surface area contributed by atoms with Crippen LogP contribution in [0.4, 0.5) is 5.69 Å². The van der Waals surface area contributed by atoms with Gasteiger partial charge in [0.05, 0.1) is 5.41 Å². The summed E-state index contributed by atoms with van der Waals surface area (Å²) in [6.45, 7) is 7.49. The van der Waals surface area contributed by atoms with Crippen molar-refractivity contribution < 1.29 is 9.59 Å². The Morgan fingerprint density at radius 2 is 2.23 bits per heavy atom. The molecule has 112 valence electrons. The molecule has 1 amide bonds. The monoisotopic (exact) mass is 293 g/mol. The molecule has 1 heterocycles. The zero-order valence-corrected chi connectivity index (χ0v) is 12.9. The van der Waals surface area contributed by atoms with Crippen LogP contribution in [0, 0.1) is 6.92 Å². The molecule has 0 spiro atoms. The Bertz CT molecular complexity index is 755. The summed E-state index contributed by atoms with van der Waals surface area (Å²) in [5.41, 5.74) is 4.08. The first-order valence-electron chi connectivity index (χ1n) is 7.46. The van der Waals surface area contributed by atoms with Crippen LogP contribution in [0.25, 0.3) is 0 Å². The number of Topliss-reactive ketones (excluding diaryl/α,β-unsaturated/α-hetero) is 1. The molecule has 0 aromatic heterocycles. The van der Waals surface area contributed by atoms with Crippen molar-refractivity contribution >= 4 is 17.4 Å². The number of carbonyl (C=O) groups is 2. The summed E-state index contributed by atoms with van der Waals surface area (Å²) in [4.78, 5) is 25.1. The van der Waals surface area contributed by atoms with E-state index >= 15 is 0 Å². The van der Waals surface area contributed by atoms with Gasteiger partial charge < -0.3 is 5.32 Å². The normalized spacial score (nSPS) is 22.3. The van der Waals surface area contributed by atoms with Gasteiger partial charge in [-0.15, -0.1) is 0 Å². The van der Waals surface area contributed by atoms with Gasteiger partial charge in [0.15, 0.2) is 5.78 Å². The zero-order chi connectivity index (χ0) is 15.9. The molecule has 1 atom stereocenters. The molecule has 3 rings (SSSR count). The number of nitrogens with one attached hydrogen (secondary N) is 1. The first kappa shape index (κ1) is 14.5. The zero-order valence-electron chi connectivity index (χ0n) is 12.9. The molecule has 0 bridgehead atoms. The van der Waals surface area contributed by atoms with E-state index in [9.17, 15) is 9.59 Å². The number of benzene rings is 1. The number of hydrogen-bond acceptors (Lipinski definition) is 2. The van der Waals surface area contributed by atoms with E-state index in [-0.39, 0.29) is 18.1 Å². The summed E-state index contributed by atoms with van der Waals surface area (Å²) < 4.78 is 0. The lowest BCUT2D eigenvalue weighted by Gasteiger charge is -2.37. The third kappa shape index (κ3) is 1.89. The van der Waals surface area contributed by atoms with E-state index in [1.54, 1.807) is 18.2 Å². The van der Waals surface area contributed by atoms with E-state index in [4.69, 9.17) is 0 Å². The fourth-order valence-electron chi connectivity index (χ4n) is 3.49. The molecule has 1 aromatic carbocycles. The minimum absolute atomic E-state index is 0.0202. The van der Waals surface area contributed by atoms with Gasteiger partial charge in [-0.05, 0) is 37.0 Å². The maximum atomic E-state index is 12.6. The van der Waals surface area contributed by atoms with Gasteiger partial charge in [0.2, 0.25) is 5.91 Å². The van der Waals surface area contributed by atoms with Gasteiger partial charge in [-0.25, -0.2) is 0 Å². The third-order valence-corrected chi connectivity index (χ3v) is 4.57. The van der Waals surface area contributed by atoms with E-state index in [1.807, 2.05) is 26.0 Å². The second kappa shape index (κ2) is 5.09. The highest BCUT2D eigenvalue weighted by Crippen LogP contribution is 2.53. The Balaban J connectivity index is 1.97. The fourth-order valence-corrected chi connectivity index (χ4v) is 3.49. The molecule has 1 aliphatic heterocycles.